The Morgan fingerprint density at radius 3 is 2.32 bits per heavy atom. The van der Waals surface area contributed by atoms with Crippen LogP contribution in [0.25, 0.3) is 0 Å². The van der Waals surface area contributed by atoms with Crippen LogP contribution in [0.5, 0.6) is 0 Å². The highest BCUT2D eigenvalue weighted by Gasteiger charge is 2.10. The molecule has 0 bridgehead atoms. The zero-order chi connectivity index (χ0) is 17.8. The molecule has 5 nitrogen and oxygen atoms in total. The Labute approximate surface area is 147 Å². The Kier molecular flexibility index (Phi) is 4.75. The highest BCUT2D eigenvalue weighted by molar-refractivity contribution is 6.03. The van der Waals surface area contributed by atoms with Gasteiger partial charge in [-0.25, -0.2) is 0 Å². The summed E-state index contributed by atoms with van der Waals surface area (Å²) in [6.45, 7) is 6.01. The number of nitrogens with one attached hydrogen (secondary N) is 2. The van der Waals surface area contributed by atoms with Gasteiger partial charge in [-0.1, -0.05) is 30.3 Å². The van der Waals surface area contributed by atoms with Crippen LogP contribution in [0.2, 0.25) is 0 Å². The third kappa shape index (κ3) is 4.01. The summed E-state index contributed by atoms with van der Waals surface area (Å²) in [5, 5.41) is 14.2. The first-order valence-electron chi connectivity index (χ1n) is 8.08. The average Bonchev–Trinajstić information content (AvgIpc) is 2.61. The van der Waals surface area contributed by atoms with Crippen LogP contribution in [-0.2, 0) is 0 Å². The van der Waals surface area contributed by atoms with Gasteiger partial charge >= 0.3 is 0 Å². The number of amides is 1. The normalized spacial score (nSPS) is 10.4. The van der Waals surface area contributed by atoms with Crippen molar-refractivity contribution in [1.82, 2.24) is 10.2 Å². The molecule has 0 saturated heterocycles. The quantitative estimate of drug-likeness (QED) is 0.743. The van der Waals surface area contributed by atoms with Gasteiger partial charge in [0.1, 0.15) is 0 Å². The van der Waals surface area contributed by atoms with Gasteiger partial charge in [0.2, 0.25) is 0 Å². The fourth-order valence-corrected chi connectivity index (χ4v) is 2.43. The van der Waals surface area contributed by atoms with Gasteiger partial charge in [0.05, 0.1) is 0 Å². The summed E-state index contributed by atoms with van der Waals surface area (Å²) in [7, 11) is 0. The van der Waals surface area contributed by atoms with Crippen molar-refractivity contribution in [3.8, 4) is 0 Å². The molecule has 2 N–H and O–H groups in total. The SMILES string of the molecule is Cc1ccc(C)c(Nc2ccc(C(=O)Nc3ccccc3C)nn2)c1. The van der Waals surface area contributed by atoms with Crippen molar-refractivity contribution in [1.29, 1.82) is 0 Å². The molecule has 0 saturated carbocycles. The van der Waals surface area contributed by atoms with E-state index in [0.29, 0.717) is 5.82 Å². The minimum Gasteiger partial charge on any atom is -0.339 e. The zero-order valence-electron chi connectivity index (χ0n) is 14.5. The van der Waals surface area contributed by atoms with Gasteiger partial charge in [-0.2, -0.15) is 0 Å². The van der Waals surface area contributed by atoms with Gasteiger partial charge < -0.3 is 10.6 Å². The number of anilines is 3. The van der Waals surface area contributed by atoms with Crippen LogP contribution in [0.15, 0.2) is 54.6 Å². The standard InChI is InChI=1S/C20H20N4O/c1-13-8-9-15(3)18(12-13)21-19-11-10-17(23-24-19)20(25)22-16-7-5-4-6-14(16)2/h4-12H,1-3H3,(H,21,24)(H,22,25). The summed E-state index contributed by atoms with van der Waals surface area (Å²) in [5.74, 6) is 0.321. The van der Waals surface area contributed by atoms with E-state index < -0.39 is 0 Å². The number of para-hydroxylation sites is 1. The third-order valence-corrected chi connectivity index (χ3v) is 3.95. The lowest BCUT2D eigenvalue weighted by Crippen LogP contribution is -2.15. The summed E-state index contributed by atoms with van der Waals surface area (Å²) in [5.41, 5.74) is 5.30. The van der Waals surface area contributed by atoms with Crippen molar-refractivity contribution in [3.63, 3.8) is 0 Å². The van der Waals surface area contributed by atoms with Gasteiger partial charge in [-0.05, 0) is 61.7 Å². The predicted octanol–water partition coefficient (Wildman–Crippen LogP) is 4.40. The van der Waals surface area contributed by atoms with Crippen molar-refractivity contribution in [2.24, 2.45) is 0 Å². The fraction of sp³-hybridized carbons (Fsp3) is 0.150. The Hall–Kier alpha value is -3.21. The minimum absolute atomic E-state index is 0.273. The first-order valence-corrected chi connectivity index (χ1v) is 8.08. The van der Waals surface area contributed by atoms with E-state index in [0.717, 1.165) is 28.1 Å². The van der Waals surface area contributed by atoms with E-state index in [9.17, 15) is 4.79 Å². The van der Waals surface area contributed by atoms with Gasteiger partial charge in [0.25, 0.3) is 5.91 Å². The number of hydrogen-bond acceptors (Lipinski definition) is 4. The van der Waals surface area contributed by atoms with E-state index in [2.05, 4.69) is 39.0 Å². The molecule has 0 aliphatic heterocycles. The summed E-state index contributed by atoms with van der Waals surface area (Å²) >= 11 is 0. The molecule has 0 fully saturated rings. The van der Waals surface area contributed by atoms with Crippen molar-refractivity contribution >= 4 is 23.1 Å². The van der Waals surface area contributed by atoms with Crippen LogP contribution >= 0.6 is 0 Å². The molecule has 0 aliphatic carbocycles. The number of carbonyl (C=O) groups is 1. The monoisotopic (exact) mass is 332 g/mol. The second-order valence-corrected chi connectivity index (χ2v) is 6.02. The smallest absolute Gasteiger partial charge is 0.276 e. The lowest BCUT2D eigenvalue weighted by Gasteiger charge is -2.10. The maximum atomic E-state index is 12.3. The Morgan fingerprint density at radius 2 is 1.60 bits per heavy atom. The van der Waals surface area contributed by atoms with E-state index >= 15 is 0 Å². The molecule has 1 heterocycles. The maximum absolute atomic E-state index is 12.3. The van der Waals surface area contributed by atoms with Crippen LogP contribution in [0.3, 0.4) is 0 Å². The highest BCUT2D eigenvalue weighted by Crippen LogP contribution is 2.20. The number of carbonyl (C=O) groups excluding carboxylic acids is 1. The second kappa shape index (κ2) is 7.13. The first kappa shape index (κ1) is 16.6. The lowest BCUT2D eigenvalue weighted by atomic mass is 10.1. The summed E-state index contributed by atoms with van der Waals surface area (Å²) in [4.78, 5) is 12.3. The van der Waals surface area contributed by atoms with E-state index in [1.807, 2.05) is 45.0 Å². The molecule has 3 rings (SSSR count). The minimum atomic E-state index is -0.278. The molecular formula is C20H20N4O. The molecule has 0 spiro atoms. The van der Waals surface area contributed by atoms with E-state index in [1.165, 1.54) is 0 Å². The molecule has 0 radical (unpaired) electrons. The van der Waals surface area contributed by atoms with Crippen LogP contribution in [-0.4, -0.2) is 16.1 Å². The number of aryl methyl sites for hydroxylation is 3. The molecule has 3 aromatic rings. The molecule has 126 valence electrons. The van der Waals surface area contributed by atoms with Gasteiger partial charge in [0.15, 0.2) is 11.5 Å². The first-order chi connectivity index (χ1) is 12.0. The Morgan fingerprint density at radius 1 is 0.840 bits per heavy atom. The molecule has 1 aromatic heterocycles. The van der Waals surface area contributed by atoms with Gasteiger partial charge in [-0.15, -0.1) is 10.2 Å². The lowest BCUT2D eigenvalue weighted by molar-refractivity contribution is 0.102. The largest absolute Gasteiger partial charge is 0.339 e. The summed E-state index contributed by atoms with van der Waals surface area (Å²) in [6.07, 6.45) is 0. The van der Waals surface area contributed by atoms with Crippen LogP contribution in [0.4, 0.5) is 17.2 Å². The number of benzene rings is 2. The third-order valence-electron chi connectivity index (χ3n) is 3.95. The maximum Gasteiger partial charge on any atom is 0.276 e. The highest BCUT2D eigenvalue weighted by atomic mass is 16.1. The van der Waals surface area contributed by atoms with Crippen molar-refractivity contribution in [2.45, 2.75) is 20.8 Å². The summed E-state index contributed by atoms with van der Waals surface area (Å²) < 4.78 is 0. The topological polar surface area (TPSA) is 66.9 Å². The molecule has 1 amide bonds. The molecule has 25 heavy (non-hydrogen) atoms. The van der Waals surface area contributed by atoms with Crippen LogP contribution in [0.1, 0.15) is 27.2 Å². The van der Waals surface area contributed by atoms with Crippen LogP contribution in [0, 0.1) is 20.8 Å². The number of aromatic nitrogens is 2. The molecule has 5 heteroatoms. The van der Waals surface area contributed by atoms with E-state index in [1.54, 1.807) is 12.1 Å². The van der Waals surface area contributed by atoms with E-state index in [-0.39, 0.29) is 11.6 Å². The second-order valence-electron chi connectivity index (χ2n) is 6.02. The Bertz CT molecular complexity index is 904. The number of hydrogen-bond donors (Lipinski definition) is 2. The molecular weight excluding hydrogens is 312 g/mol. The number of nitrogens with zero attached hydrogens (tertiary/aromatic N) is 2. The molecule has 0 unspecified atom stereocenters. The van der Waals surface area contributed by atoms with Crippen LogP contribution < -0.4 is 10.6 Å². The molecule has 0 atom stereocenters. The van der Waals surface area contributed by atoms with Gasteiger partial charge in [0, 0.05) is 11.4 Å². The predicted molar refractivity (Wildman–Crippen MR) is 100 cm³/mol. The van der Waals surface area contributed by atoms with Crippen molar-refractivity contribution < 1.29 is 4.79 Å². The van der Waals surface area contributed by atoms with Crippen molar-refractivity contribution in [2.75, 3.05) is 10.6 Å². The van der Waals surface area contributed by atoms with Crippen molar-refractivity contribution in [3.05, 3.63) is 77.0 Å². The molecule has 2 aromatic carbocycles. The average molecular weight is 332 g/mol. The summed E-state index contributed by atoms with van der Waals surface area (Å²) in [6, 6.07) is 17.2. The zero-order valence-corrected chi connectivity index (χ0v) is 14.5. The van der Waals surface area contributed by atoms with E-state index in [4.69, 9.17) is 0 Å². The number of rotatable bonds is 4. The fourth-order valence-electron chi connectivity index (χ4n) is 2.43. The molecule has 0 aliphatic rings. The Balaban J connectivity index is 1.72. The van der Waals surface area contributed by atoms with Gasteiger partial charge in [-0.3, -0.25) is 4.79 Å².